The highest BCUT2D eigenvalue weighted by molar-refractivity contribution is 4.63. The lowest BCUT2D eigenvalue weighted by Gasteiger charge is -1.96. The quantitative estimate of drug-likeness (QED) is 0.306. The summed E-state index contributed by atoms with van der Waals surface area (Å²) in [5, 5.41) is 8.01. The van der Waals surface area contributed by atoms with Crippen molar-refractivity contribution in [2.24, 2.45) is 0 Å². The van der Waals surface area contributed by atoms with Gasteiger partial charge in [0.2, 0.25) is 0 Å². The second kappa shape index (κ2) is 6.62. The van der Waals surface area contributed by atoms with Crippen LogP contribution < -0.4 is 5.48 Å². The molecule has 0 amide bonds. The molecule has 0 aromatic carbocycles. The van der Waals surface area contributed by atoms with Crippen molar-refractivity contribution in [1.82, 2.24) is 5.48 Å². The first-order chi connectivity index (χ1) is 3.91. The van der Waals surface area contributed by atoms with Gasteiger partial charge in [-0.15, -0.1) is 6.58 Å². The smallest absolute Gasteiger partial charge is 0.0645 e. The van der Waals surface area contributed by atoms with Gasteiger partial charge in [-0.2, -0.15) is 0 Å². The van der Waals surface area contributed by atoms with Crippen LogP contribution in [0.3, 0.4) is 0 Å². The molecule has 0 aromatic heterocycles. The van der Waals surface area contributed by atoms with Gasteiger partial charge in [0.1, 0.15) is 0 Å². The van der Waals surface area contributed by atoms with Crippen LogP contribution in [0.2, 0.25) is 0 Å². The van der Waals surface area contributed by atoms with E-state index < -0.39 is 0 Å². The minimum atomic E-state index is 0.466. The molecular formula is C5H11NO2. The Morgan fingerprint density at radius 3 is 3.00 bits per heavy atom. The van der Waals surface area contributed by atoms with Crippen LogP contribution in [0, 0.1) is 0 Å². The molecule has 0 aromatic rings. The fraction of sp³-hybridized carbons (Fsp3) is 0.600. The van der Waals surface area contributed by atoms with Gasteiger partial charge in [0.15, 0.2) is 0 Å². The van der Waals surface area contributed by atoms with Gasteiger partial charge in [-0.3, -0.25) is 0 Å². The Morgan fingerprint density at radius 2 is 2.50 bits per heavy atom. The Morgan fingerprint density at radius 1 is 1.75 bits per heavy atom. The summed E-state index contributed by atoms with van der Waals surface area (Å²) in [5.74, 6) is 0. The highest BCUT2D eigenvalue weighted by Crippen LogP contribution is 1.70. The molecule has 0 heterocycles. The summed E-state index contributed by atoms with van der Waals surface area (Å²) in [7, 11) is 0. The van der Waals surface area contributed by atoms with E-state index in [0.29, 0.717) is 19.8 Å². The van der Waals surface area contributed by atoms with Crippen LogP contribution in [0.25, 0.3) is 0 Å². The van der Waals surface area contributed by atoms with Crippen molar-refractivity contribution in [3.8, 4) is 0 Å². The van der Waals surface area contributed by atoms with E-state index in [1.807, 2.05) is 5.48 Å². The zero-order valence-corrected chi connectivity index (χ0v) is 4.76. The molecule has 48 valence electrons. The molecule has 0 bridgehead atoms. The molecule has 0 aliphatic carbocycles. The summed E-state index contributed by atoms with van der Waals surface area (Å²) in [6.45, 7) is 4.98. The molecule has 3 nitrogen and oxygen atoms in total. The average molecular weight is 117 g/mol. The van der Waals surface area contributed by atoms with Crippen LogP contribution in [-0.2, 0) is 4.74 Å². The zero-order valence-electron chi connectivity index (χ0n) is 4.76. The van der Waals surface area contributed by atoms with E-state index in [2.05, 4.69) is 6.58 Å². The summed E-state index contributed by atoms with van der Waals surface area (Å²) in [6.07, 6.45) is 1.66. The van der Waals surface area contributed by atoms with Gasteiger partial charge in [0.25, 0.3) is 0 Å². The molecule has 0 saturated carbocycles. The molecule has 0 aliphatic heterocycles. The number of hydrogen-bond donors (Lipinski definition) is 2. The minimum Gasteiger partial charge on any atom is -0.376 e. The van der Waals surface area contributed by atoms with Gasteiger partial charge in [-0.05, 0) is 0 Å². The fourth-order valence-corrected chi connectivity index (χ4v) is 0.284. The maximum Gasteiger partial charge on any atom is 0.0645 e. The Hall–Kier alpha value is -0.380. The van der Waals surface area contributed by atoms with E-state index in [9.17, 15) is 0 Å². The lowest BCUT2D eigenvalue weighted by molar-refractivity contribution is 0.104. The van der Waals surface area contributed by atoms with Crippen LogP contribution in [0.1, 0.15) is 0 Å². The zero-order chi connectivity index (χ0) is 6.24. The molecule has 3 heteroatoms. The summed E-state index contributed by atoms with van der Waals surface area (Å²) in [5.41, 5.74) is 1.97. The SMILES string of the molecule is C=CCOCCNO. The van der Waals surface area contributed by atoms with Gasteiger partial charge < -0.3 is 9.94 Å². The van der Waals surface area contributed by atoms with Crippen molar-refractivity contribution >= 4 is 0 Å². The van der Waals surface area contributed by atoms with Gasteiger partial charge in [-0.25, -0.2) is 5.48 Å². The van der Waals surface area contributed by atoms with Crippen LogP contribution in [0.15, 0.2) is 12.7 Å². The summed E-state index contributed by atoms with van der Waals surface area (Å²) >= 11 is 0. The standard InChI is InChI=1S/C5H11NO2/c1-2-4-8-5-3-6-7/h2,6-7H,1,3-5H2. The minimum absolute atomic E-state index is 0.466. The molecule has 0 radical (unpaired) electrons. The van der Waals surface area contributed by atoms with E-state index in [1.165, 1.54) is 0 Å². The normalized spacial score (nSPS) is 9.12. The van der Waals surface area contributed by atoms with Crippen molar-refractivity contribution in [3.63, 3.8) is 0 Å². The van der Waals surface area contributed by atoms with Crippen molar-refractivity contribution in [3.05, 3.63) is 12.7 Å². The van der Waals surface area contributed by atoms with E-state index in [4.69, 9.17) is 9.94 Å². The highest BCUT2D eigenvalue weighted by Gasteiger charge is 1.79. The first kappa shape index (κ1) is 7.62. The number of ether oxygens (including phenoxy) is 1. The van der Waals surface area contributed by atoms with Crippen LogP contribution in [-0.4, -0.2) is 25.0 Å². The maximum atomic E-state index is 8.01. The Balaban J connectivity index is 2.62. The number of nitrogens with one attached hydrogen (secondary N) is 1. The van der Waals surface area contributed by atoms with Crippen molar-refractivity contribution in [2.45, 2.75) is 0 Å². The Bertz CT molecular complexity index is 56.4. The molecule has 2 N–H and O–H groups in total. The molecule has 0 unspecified atom stereocenters. The molecule has 0 rings (SSSR count). The van der Waals surface area contributed by atoms with E-state index in [0.717, 1.165) is 0 Å². The van der Waals surface area contributed by atoms with Crippen molar-refractivity contribution in [1.29, 1.82) is 0 Å². The molecule has 0 saturated heterocycles. The van der Waals surface area contributed by atoms with E-state index in [1.54, 1.807) is 6.08 Å². The summed E-state index contributed by atoms with van der Waals surface area (Å²) in [6, 6.07) is 0. The Kier molecular flexibility index (Phi) is 6.31. The lowest BCUT2D eigenvalue weighted by Crippen LogP contribution is -2.14. The summed E-state index contributed by atoms with van der Waals surface area (Å²) in [4.78, 5) is 0. The molecule has 0 fully saturated rings. The molecule has 0 atom stereocenters. The highest BCUT2D eigenvalue weighted by atomic mass is 16.5. The monoisotopic (exact) mass is 117 g/mol. The average Bonchev–Trinajstić information content (AvgIpc) is 1.81. The van der Waals surface area contributed by atoms with Crippen molar-refractivity contribution < 1.29 is 9.94 Å². The predicted octanol–water partition coefficient (Wildman–Crippen LogP) is 0.168. The number of hydroxylamine groups is 1. The molecule has 0 spiro atoms. The molecule has 0 aliphatic rings. The molecule has 8 heavy (non-hydrogen) atoms. The topological polar surface area (TPSA) is 41.5 Å². The van der Waals surface area contributed by atoms with E-state index in [-0.39, 0.29) is 0 Å². The second-order valence-electron chi connectivity index (χ2n) is 1.27. The van der Waals surface area contributed by atoms with Gasteiger partial charge >= 0.3 is 0 Å². The largest absolute Gasteiger partial charge is 0.376 e. The van der Waals surface area contributed by atoms with Crippen LogP contribution in [0.5, 0.6) is 0 Å². The molecular weight excluding hydrogens is 106 g/mol. The third-order valence-corrected chi connectivity index (χ3v) is 0.594. The van der Waals surface area contributed by atoms with Gasteiger partial charge in [0.05, 0.1) is 13.2 Å². The third kappa shape index (κ3) is 5.62. The van der Waals surface area contributed by atoms with Crippen LogP contribution >= 0.6 is 0 Å². The number of hydrogen-bond acceptors (Lipinski definition) is 3. The van der Waals surface area contributed by atoms with Crippen molar-refractivity contribution in [2.75, 3.05) is 19.8 Å². The van der Waals surface area contributed by atoms with Gasteiger partial charge in [-0.1, -0.05) is 6.08 Å². The maximum absolute atomic E-state index is 8.01. The number of rotatable bonds is 5. The lowest BCUT2D eigenvalue weighted by atomic mass is 10.7. The van der Waals surface area contributed by atoms with E-state index >= 15 is 0 Å². The first-order valence-corrected chi connectivity index (χ1v) is 2.47. The van der Waals surface area contributed by atoms with Crippen LogP contribution in [0.4, 0.5) is 0 Å². The summed E-state index contributed by atoms with van der Waals surface area (Å²) < 4.78 is 4.88. The fourth-order valence-electron chi connectivity index (χ4n) is 0.284. The third-order valence-electron chi connectivity index (χ3n) is 0.594. The second-order valence-corrected chi connectivity index (χ2v) is 1.27. The Labute approximate surface area is 48.9 Å². The van der Waals surface area contributed by atoms with Gasteiger partial charge in [0, 0.05) is 6.54 Å². The first-order valence-electron chi connectivity index (χ1n) is 2.47. The predicted molar refractivity (Wildman–Crippen MR) is 30.8 cm³/mol.